The third-order valence-corrected chi connectivity index (χ3v) is 2.52. The molecule has 0 aliphatic heterocycles. The molecule has 1 atom stereocenters. The van der Waals surface area contributed by atoms with Gasteiger partial charge in [-0.15, -0.1) is 0 Å². The number of carbonyl (C=O) groups is 1. The van der Waals surface area contributed by atoms with Crippen molar-refractivity contribution in [3.8, 4) is 0 Å². The van der Waals surface area contributed by atoms with Gasteiger partial charge in [-0.05, 0) is 18.8 Å². The van der Waals surface area contributed by atoms with E-state index in [-0.39, 0.29) is 11.8 Å². The molecule has 0 aromatic carbocycles. The Labute approximate surface area is 62.0 Å². The van der Waals surface area contributed by atoms with E-state index in [1.54, 1.807) is 7.05 Å². The molecule has 0 heterocycles. The van der Waals surface area contributed by atoms with Crippen LogP contribution in [-0.2, 0) is 4.79 Å². The maximum absolute atomic E-state index is 11.0. The lowest BCUT2D eigenvalue weighted by molar-refractivity contribution is -0.126. The second kappa shape index (κ2) is 3.04. The minimum atomic E-state index is 0.199. The summed E-state index contributed by atoms with van der Waals surface area (Å²) in [5, 5.41) is 2.67. The van der Waals surface area contributed by atoms with Crippen molar-refractivity contribution >= 4 is 5.91 Å². The first kappa shape index (κ1) is 7.58. The zero-order valence-corrected chi connectivity index (χ0v) is 6.68. The van der Waals surface area contributed by atoms with Crippen molar-refractivity contribution in [2.45, 2.75) is 26.2 Å². The van der Waals surface area contributed by atoms with Crippen LogP contribution in [0.1, 0.15) is 26.2 Å². The Morgan fingerprint density at radius 1 is 1.60 bits per heavy atom. The van der Waals surface area contributed by atoms with E-state index in [4.69, 9.17) is 0 Å². The van der Waals surface area contributed by atoms with E-state index in [1.807, 2.05) is 6.92 Å². The molecule has 2 heteroatoms. The Bertz CT molecular complexity index is 129. The van der Waals surface area contributed by atoms with E-state index in [0.717, 1.165) is 0 Å². The largest absolute Gasteiger partial charge is 0.359 e. The highest BCUT2D eigenvalue weighted by Gasteiger charge is 2.27. The van der Waals surface area contributed by atoms with Crippen LogP contribution in [-0.4, -0.2) is 13.0 Å². The van der Waals surface area contributed by atoms with Crippen molar-refractivity contribution in [2.24, 2.45) is 11.8 Å². The fraction of sp³-hybridized carbons (Fsp3) is 0.875. The molecule has 1 aliphatic rings. The molecule has 0 aromatic rings. The van der Waals surface area contributed by atoms with Gasteiger partial charge in [-0.3, -0.25) is 4.79 Å². The number of rotatable bonds is 2. The van der Waals surface area contributed by atoms with Crippen molar-refractivity contribution in [1.29, 1.82) is 0 Å². The Morgan fingerprint density at radius 2 is 2.20 bits per heavy atom. The lowest BCUT2D eigenvalue weighted by atomic mass is 9.76. The minimum absolute atomic E-state index is 0.199. The fourth-order valence-corrected chi connectivity index (χ4v) is 1.38. The number of hydrogen-bond donors (Lipinski definition) is 1. The van der Waals surface area contributed by atoms with Crippen molar-refractivity contribution in [3.05, 3.63) is 0 Å². The predicted molar refractivity (Wildman–Crippen MR) is 40.6 cm³/mol. The molecule has 1 saturated carbocycles. The summed E-state index contributed by atoms with van der Waals surface area (Å²) in [6.45, 7) is 2.02. The first-order valence-corrected chi connectivity index (χ1v) is 3.97. The molecular weight excluding hydrogens is 126 g/mol. The molecule has 1 rings (SSSR count). The van der Waals surface area contributed by atoms with Crippen molar-refractivity contribution in [1.82, 2.24) is 5.32 Å². The van der Waals surface area contributed by atoms with Crippen LogP contribution >= 0.6 is 0 Å². The van der Waals surface area contributed by atoms with Gasteiger partial charge in [-0.1, -0.05) is 13.3 Å². The summed E-state index contributed by atoms with van der Waals surface area (Å²) >= 11 is 0. The van der Waals surface area contributed by atoms with E-state index >= 15 is 0 Å². The van der Waals surface area contributed by atoms with E-state index in [1.165, 1.54) is 19.3 Å². The highest BCUT2D eigenvalue weighted by molar-refractivity contribution is 5.78. The third-order valence-electron chi connectivity index (χ3n) is 2.52. The molecule has 0 unspecified atom stereocenters. The van der Waals surface area contributed by atoms with Crippen LogP contribution in [0, 0.1) is 11.8 Å². The SMILES string of the molecule is CNC(=O)[C@H](C)C1CCC1. The van der Waals surface area contributed by atoms with Gasteiger partial charge in [0.05, 0.1) is 0 Å². The summed E-state index contributed by atoms with van der Waals surface area (Å²) in [4.78, 5) is 11.0. The molecule has 0 radical (unpaired) electrons. The van der Waals surface area contributed by atoms with Gasteiger partial charge in [0.2, 0.25) is 5.91 Å². The van der Waals surface area contributed by atoms with Gasteiger partial charge < -0.3 is 5.32 Å². The fourth-order valence-electron chi connectivity index (χ4n) is 1.38. The van der Waals surface area contributed by atoms with Gasteiger partial charge in [0.25, 0.3) is 0 Å². The highest BCUT2D eigenvalue weighted by atomic mass is 16.1. The minimum Gasteiger partial charge on any atom is -0.359 e. The monoisotopic (exact) mass is 141 g/mol. The van der Waals surface area contributed by atoms with Crippen LogP contribution < -0.4 is 5.32 Å². The average molecular weight is 141 g/mol. The Morgan fingerprint density at radius 3 is 2.50 bits per heavy atom. The maximum atomic E-state index is 11.0. The second-order valence-corrected chi connectivity index (χ2v) is 3.09. The summed E-state index contributed by atoms with van der Waals surface area (Å²) in [6, 6.07) is 0. The van der Waals surface area contributed by atoms with Crippen LogP contribution in [0.5, 0.6) is 0 Å². The number of amides is 1. The molecule has 0 bridgehead atoms. The van der Waals surface area contributed by atoms with E-state index in [0.29, 0.717) is 5.92 Å². The topological polar surface area (TPSA) is 29.1 Å². The summed E-state index contributed by atoms with van der Waals surface area (Å²) in [5.74, 6) is 1.10. The van der Waals surface area contributed by atoms with Crippen molar-refractivity contribution in [2.75, 3.05) is 7.05 Å². The maximum Gasteiger partial charge on any atom is 0.222 e. The van der Waals surface area contributed by atoms with Crippen molar-refractivity contribution < 1.29 is 4.79 Å². The highest BCUT2D eigenvalue weighted by Crippen LogP contribution is 2.32. The Hall–Kier alpha value is -0.530. The summed E-state index contributed by atoms with van der Waals surface area (Å²) in [7, 11) is 1.71. The summed E-state index contributed by atoms with van der Waals surface area (Å²) < 4.78 is 0. The summed E-state index contributed by atoms with van der Waals surface area (Å²) in [6.07, 6.45) is 3.80. The van der Waals surface area contributed by atoms with E-state index in [9.17, 15) is 4.79 Å². The van der Waals surface area contributed by atoms with Gasteiger partial charge in [0.1, 0.15) is 0 Å². The quantitative estimate of drug-likeness (QED) is 0.614. The Kier molecular flexibility index (Phi) is 2.30. The second-order valence-electron chi connectivity index (χ2n) is 3.09. The number of carbonyl (C=O) groups excluding carboxylic acids is 1. The molecule has 58 valence electrons. The van der Waals surface area contributed by atoms with Gasteiger partial charge in [0, 0.05) is 13.0 Å². The molecule has 1 amide bonds. The third kappa shape index (κ3) is 1.31. The van der Waals surface area contributed by atoms with Crippen molar-refractivity contribution in [3.63, 3.8) is 0 Å². The van der Waals surface area contributed by atoms with Crippen LogP contribution in [0.2, 0.25) is 0 Å². The van der Waals surface area contributed by atoms with Gasteiger partial charge >= 0.3 is 0 Å². The van der Waals surface area contributed by atoms with E-state index in [2.05, 4.69) is 5.32 Å². The molecule has 1 aliphatic carbocycles. The van der Waals surface area contributed by atoms with Crippen LogP contribution in [0.4, 0.5) is 0 Å². The van der Waals surface area contributed by atoms with Gasteiger partial charge in [-0.2, -0.15) is 0 Å². The molecule has 1 fully saturated rings. The smallest absolute Gasteiger partial charge is 0.222 e. The molecule has 0 aromatic heterocycles. The molecule has 10 heavy (non-hydrogen) atoms. The predicted octanol–water partition coefficient (Wildman–Crippen LogP) is 1.17. The molecule has 0 saturated heterocycles. The molecule has 0 spiro atoms. The number of nitrogens with one attached hydrogen (secondary N) is 1. The van der Waals surface area contributed by atoms with Crippen LogP contribution in [0.25, 0.3) is 0 Å². The lowest BCUT2D eigenvalue weighted by Gasteiger charge is -2.29. The van der Waals surface area contributed by atoms with Crippen LogP contribution in [0.3, 0.4) is 0 Å². The molecule has 1 N–H and O–H groups in total. The molecular formula is C8H15NO. The van der Waals surface area contributed by atoms with Crippen LogP contribution in [0.15, 0.2) is 0 Å². The van der Waals surface area contributed by atoms with Gasteiger partial charge in [-0.25, -0.2) is 0 Å². The van der Waals surface area contributed by atoms with Gasteiger partial charge in [0.15, 0.2) is 0 Å². The molecule has 2 nitrogen and oxygen atoms in total. The number of hydrogen-bond acceptors (Lipinski definition) is 1. The average Bonchev–Trinajstić information content (AvgIpc) is 1.82. The zero-order valence-electron chi connectivity index (χ0n) is 6.68. The standard InChI is InChI=1S/C8H15NO/c1-6(8(10)9-2)7-4-3-5-7/h6-7H,3-5H2,1-2H3,(H,9,10)/t6-/m1/s1. The first-order valence-electron chi connectivity index (χ1n) is 3.97. The Balaban J connectivity index is 2.31. The first-order chi connectivity index (χ1) is 4.75. The zero-order chi connectivity index (χ0) is 7.56. The normalized spacial score (nSPS) is 21.4. The lowest BCUT2D eigenvalue weighted by Crippen LogP contribution is -2.33. The van der Waals surface area contributed by atoms with E-state index < -0.39 is 0 Å². The summed E-state index contributed by atoms with van der Waals surface area (Å²) in [5.41, 5.74) is 0.